The molecule has 0 spiro atoms. The van der Waals surface area contributed by atoms with Gasteiger partial charge in [0.1, 0.15) is 11.9 Å². The number of rotatable bonds is 8. The molecule has 4 heteroatoms. The highest BCUT2D eigenvalue weighted by Gasteiger charge is 2.33. The molecule has 1 aliphatic rings. The van der Waals surface area contributed by atoms with Gasteiger partial charge in [-0.15, -0.1) is 0 Å². The summed E-state index contributed by atoms with van der Waals surface area (Å²) in [4.78, 5) is 15.1. The second-order valence-corrected chi connectivity index (χ2v) is 6.68. The van der Waals surface area contributed by atoms with E-state index < -0.39 is 0 Å². The van der Waals surface area contributed by atoms with Gasteiger partial charge in [-0.2, -0.15) is 0 Å². The summed E-state index contributed by atoms with van der Waals surface area (Å²) in [6.07, 6.45) is 3.94. The molecule has 3 rings (SSSR count). The molecule has 1 N–H and O–H groups in total. The number of amides is 1. The Balaban J connectivity index is 1.95. The fraction of sp³-hybridized carbons (Fsp3) is 0.409. The maximum Gasteiger partial charge on any atom is 0.257 e. The predicted molar refractivity (Wildman–Crippen MR) is 106 cm³/mol. The standard InChI is InChI=1S/C22H28N2O2/c1-3-5-15-24-21(23-19-13-9-7-11-17(19)22(24)25)18-12-8-10-14-20(18)26-16-6-4-2/h7-14,21,23H,3-6,15-16H2,1-2H3. The summed E-state index contributed by atoms with van der Waals surface area (Å²) in [5.74, 6) is 0.938. The van der Waals surface area contributed by atoms with Crippen molar-refractivity contribution in [3.05, 3.63) is 59.7 Å². The number of benzene rings is 2. The molecule has 0 saturated heterocycles. The average molecular weight is 352 g/mol. The lowest BCUT2D eigenvalue weighted by Gasteiger charge is -2.38. The molecule has 1 heterocycles. The van der Waals surface area contributed by atoms with Crippen molar-refractivity contribution >= 4 is 11.6 Å². The molecule has 2 aromatic rings. The molecule has 0 saturated carbocycles. The summed E-state index contributed by atoms with van der Waals surface area (Å²) in [6.45, 7) is 5.72. The van der Waals surface area contributed by atoms with E-state index in [0.717, 1.165) is 54.8 Å². The van der Waals surface area contributed by atoms with Gasteiger partial charge in [-0.1, -0.05) is 57.0 Å². The molecule has 0 fully saturated rings. The van der Waals surface area contributed by atoms with Gasteiger partial charge in [-0.25, -0.2) is 0 Å². The summed E-state index contributed by atoms with van der Waals surface area (Å²) in [7, 11) is 0. The van der Waals surface area contributed by atoms with Gasteiger partial charge in [-0.05, 0) is 31.0 Å². The minimum absolute atomic E-state index is 0.0844. The van der Waals surface area contributed by atoms with Crippen molar-refractivity contribution in [3.8, 4) is 5.75 Å². The van der Waals surface area contributed by atoms with Gasteiger partial charge in [0.05, 0.1) is 12.2 Å². The molecule has 4 nitrogen and oxygen atoms in total. The van der Waals surface area contributed by atoms with Crippen LogP contribution < -0.4 is 10.1 Å². The van der Waals surface area contributed by atoms with Crippen molar-refractivity contribution < 1.29 is 9.53 Å². The highest BCUT2D eigenvalue weighted by molar-refractivity contribution is 6.01. The zero-order valence-electron chi connectivity index (χ0n) is 15.7. The fourth-order valence-electron chi connectivity index (χ4n) is 3.26. The quantitative estimate of drug-likeness (QED) is 0.661. The largest absolute Gasteiger partial charge is 0.493 e. The Labute approximate surface area is 156 Å². The Kier molecular flexibility index (Phi) is 6.16. The van der Waals surface area contributed by atoms with Crippen molar-refractivity contribution in [1.82, 2.24) is 4.90 Å². The lowest BCUT2D eigenvalue weighted by molar-refractivity contribution is 0.0677. The molecule has 2 aromatic carbocycles. The van der Waals surface area contributed by atoms with E-state index in [2.05, 4.69) is 25.2 Å². The predicted octanol–water partition coefficient (Wildman–Crippen LogP) is 5.23. The van der Waals surface area contributed by atoms with Crippen LogP contribution in [0.4, 0.5) is 5.69 Å². The number of para-hydroxylation sites is 2. The Morgan fingerprint density at radius 2 is 1.73 bits per heavy atom. The van der Waals surface area contributed by atoms with Crippen molar-refractivity contribution in [2.24, 2.45) is 0 Å². The second kappa shape index (κ2) is 8.75. The third-order valence-electron chi connectivity index (χ3n) is 4.74. The number of anilines is 1. The summed E-state index contributed by atoms with van der Waals surface area (Å²) in [5.41, 5.74) is 2.64. The van der Waals surface area contributed by atoms with Gasteiger partial charge in [0.25, 0.3) is 5.91 Å². The van der Waals surface area contributed by atoms with E-state index in [1.165, 1.54) is 0 Å². The minimum atomic E-state index is -0.207. The lowest BCUT2D eigenvalue weighted by atomic mass is 10.0. The van der Waals surface area contributed by atoms with E-state index in [9.17, 15) is 4.79 Å². The van der Waals surface area contributed by atoms with Gasteiger partial charge < -0.3 is 15.0 Å². The van der Waals surface area contributed by atoms with E-state index in [-0.39, 0.29) is 12.1 Å². The maximum atomic E-state index is 13.1. The second-order valence-electron chi connectivity index (χ2n) is 6.68. The van der Waals surface area contributed by atoms with E-state index in [4.69, 9.17) is 4.74 Å². The molecule has 1 aliphatic heterocycles. The van der Waals surface area contributed by atoms with Crippen LogP contribution in [0, 0.1) is 0 Å². The fourth-order valence-corrected chi connectivity index (χ4v) is 3.26. The lowest BCUT2D eigenvalue weighted by Crippen LogP contribution is -2.43. The number of ether oxygens (including phenoxy) is 1. The van der Waals surface area contributed by atoms with Crippen molar-refractivity contribution in [1.29, 1.82) is 0 Å². The zero-order valence-corrected chi connectivity index (χ0v) is 15.7. The average Bonchev–Trinajstić information content (AvgIpc) is 2.68. The Bertz CT molecular complexity index is 744. The molecule has 0 bridgehead atoms. The normalized spacial score (nSPS) is 16.2. The van der Waals surface area contributed by atoms with E-state index >= 15 is 0 Å². The van der Waals surface area contributed by atoms with Crippen LogP contribution >= 0.6 is 0 Å². The molecule has 26 heavy (non-hydrogen) atoms. The van der Waals surface area contributed by atoms with Gasteiger partial charge in [0, 0.05) is 17.8 Å². The zero-order chi connectivity index (χ0) is 18.4. The summed E-state index contributed by atoms with van der Waals surface area (Å²) in [5, 5.41) is 3.56. The number of hydrogen-bond acceptors (Lipinski definition) is 3. The third kappa shape index (κ3) is 3.85. The first-order chi connectivity index (χ1) is 12.8. The Morgan fingerprint density at radius 3 is 2.54 bits per heavy atom. The Hall–Kier alpha value is -2.49. The smallest absolute Gasteiger partial charge is 0.257 e. The number of carbonyl (C=O) groups is 1. The molecule has 0 aliphatic carbocycles. The first-order valence-electron chi connectivity index (χ1n) is 9.64. The maximum absolute atomic E-state index is 13.1. The third-order valence-corrected chi connectivity index (χ3v) is 4.74. The molecule has 0 aromatic heterocycles. The van der Waals surface area contributed by atoms with E-state index in [1.807, 2.05) is 47.4 Å². The highest BCUT2D eigenvalue weighted by Crippen LogP contribution is 2.36. The van der Waals surface area contributed by atoms with Crippen LogP contribution in [0.15, 0.2) is 48.5 Å². The first-order valence-corrected chi connectivity index (χ1v) is 9.64. The van der Waals surface area contributed by atoms with Crippen LogP contribution in [-0.2, 0) is 0 Å². The summed E-state index contributed by atoms with van der Waals surface area (Å²) >= 11 is 0. The topological polar surface area (TPSA) is 41.6 Å². The summed E-state index contributed by atoms with van der Waals surface area (Å²) in [6, 6.07) is 15.8. The number of nitrogens with one attached hydrogen (secondary N) is 1. The Morgan fingerprint density at radius 1 is 1.00 bits per heavy atom. The van der Waals surface area contributed by atoms with E-state index in [1.54, 1.807) is 0 Å². The van der Waals surface area contributed by atoms with Gasteiger partial charge in [0.15, 0.2) is 0 Å². The van der Waals surface area contributed by atoms with Crippen molar-refractivity contribution in [2.45, 2.75) is 45.7 Å². The van der Waals surface area contributed by atoms with Crippen LogP contribution in [0.2, 0.25) is 0 Å². The summed E-state index contributed by atoms with van der Waals surface area (Å²) < 4.78 is 6.03. The SMILES string of the molecule is CCCCOc1ccccc1C1Nc2ccccc2C(=O)N1CCCC. The van der Waals surface area contributed by atoms with Gasteiger partial charge in [-0.3, -0.25) is 4.79 Å². The molecule has 1 atom stereocenters. The molecule has 0 radical (unpaired) electrons. The van der Waals surface area contributed by atoms with Crippen LogP contribution in [0.1, 0.15) is 61.6 Å². The molecule has 138 valence electrons. The van der Waals surface area contributed by atoms with Crippen molar-refractivity contribution in [3.63, 3.8) is 0 Å². The van der Waals surface area contributed by atoms with Crippen LogP contribution in [0.5, 0.6) is 5.75 Å². The molecular formula is C22H28N2O2. The van der Waals surface area contributed by atoms with Gasteiger partial charge in [0.2, 0.25) is 0 Å². The monoisotopic (exact) mass is 352 g/mol. The number of hydrogen-bond donors (Lipinski definition) is 1. The van der Waals surface area contributed by atoms with Gasteiger partial charge >= 0.3 is 0 Å². The van der Waals surface area contributed by atoms with Crippen molar-refractivity contribution in [2.75, 3.05) is 18.5 Å². The number of unbranched alkanes of at least 4 members (excludes halogenated alkanes) is 2. The van der Waals surface area contributed by atoms with E-state index in [0.29, 0.717) is 6.61 Å². The van der Waals surface area contributed by atoms with Crippen LogP contribution in [-0.4, -0.2) is 24.0 Å². The number of fused-ring (bicyclic) bond motifs is 1. The van der Waals surface area contributed by atoms with Crippen LogP contribution in [0.25, 0.3) is 0 Å². The molecule has 1 amide bonds. The minimum Gasteiger partial charge on any atom is -0.493 e. The highest BCUT2D eigenvalue weighted by atomic mass is 16.5. The molecule has 1 unspecified atom stereocenters. The number of carbonyl (C=O) groups excluding carboxylic acids is 1. The van der Waals surface area contributed by atoms with Crippen LogP contribution in [0.3, 0.4) is 0 Å². The number of nitrogens with zero attached hydrogens (tertiary/aromatic N) is 1. The first kappa shape index (κ1) is 18.3. The molecular weight excluding hydrogens is 324 g/mol.